The van der Waals surface area contributed by atoms with Gasteiger partial charge in [-0.05, 0) is 88.9 Å². The van der Waals surface area contributed by atoms with Gasteiger partial charge in [0.1, 0.15) is 11.4 Å². The van der Waals surface area contributed by atoms with E-state index in [-0.39, 0.29) is 6.10 Å². The molecule has 0 radical (unpaired) electrons. The fraction of sp³-hybridized carbons (Fsp3) is 0.310. The van der Waals surface area contributed by atoms with Gasteiger partial charge in [0.2, 0.25) is 0 Å². The Kier molecular flexibility index (Phi) is 5.43. The molecule has 0 fully saturated rings. The second-order valence-corrected chi connectivity index (χ2v) is 9.66. The SMILES string of the molecule is Cc1cc(C)c(-c2c(C)nn3c2nc(C)c2ccn(Cc4ccc(OC(C)C)cc4)c23)c(C)c1. The van der Waals surface area contributed by atoms with Crippen LogP contribution in [0.2, 0.25) is 0 Å². The van der Waals surface area contributed by atoms with Gasteiger partial charge in [0, 0.05) is 18.1 Å². The van der Waals surface area contributed by atoms with Gasteiger partial charge >= 0.3 is 0 Å². The van der Waals surface area contributed by atoms with Crippen molar-refractivity contribution >= 4 is 16.7 Å². The van der Waals surface area contributed by atoms with Crippen LogP contribution in [0.5, 0.6) is 5.75 Å². The number of hydrogen-bond acceptors (Lipinski definition) is 3. The summed E-state index contributed by atoms with van der Waals surface area (Å²) in [5.41, 5.74) is 11.4. The van der Waals surface area contributed by atoms with Gasteiger partial charge < -0.3 is 9.30 Å². The number of ether oxygens (including phenoxy) is 1. The summed E-state index contributed by atoms with van der Waals surface area (Å²) in [5, 5.41) is 6.12. The minimum absolute atomic E-state index is 0.168. The second kappa shape index (κ2) is 8.32. The van der Waals surface area contributed by atoms with Gasteiger partial charge in [-0.3, -0.25) is 0 Å². The summed E-state index contributed by atoms with van der Waals surface area (Å²) < 4.78 is 10.1. The maximum atomic E-state index is 5.80. The standard InChI is InChI=1S/C29H32N4O/c1-17(2)34-24-10-8-23(9-11-24)16-32-13-12-25-21(6)30-28-27(22(7)31-33(28)29(25)32)26-19(4)14-18(3)15-20(26)5/h8-15,17H,16H2,1-7H3. The van der Waals surface area contributed by atoms with E-state index in [0.717, 1.165) is 45.9 Å². The third-order valence-electron chi connectivity index (χ3n) is 6.41. The lowest BCUT2D eigenvalue weighted by atomic mass is 9.94. The van der Waals surface area contributed by atoms with Crippen LogP contribution in [0.4, 0.5) is 0 Å². The maximum absolute atomic E-state index is 5.80. The summed E-state index contributed by atoms with van der Waals surface area (Å²) in [4.78, 5) is 5.04. The Morgan fingerprint density at radius 2 is 1.53 bits per heavy atom. The number of benzene rings is 2. The van der Waals surface area contributed by atoms with Crippen LogP contribution in [0.3, 0.4) is 0 Å². The van der Waals surface area contributed by atoms with Gasteiger partial charge in [-0.2, -0.15) is 9.61 Å². The van der Waals surface area contributed by atoms with Crippen LogP contribution < -0.4 is 4.74 Å². The molecule has 0 aliphatic carbocycles. The number of hydrogen-bond donors (Lipinski definition) is 0. The van der Waals surface area contributed by atoms with E-state index in [1.807, 2.05) is 30.5 Å². The zero-order valence-electron chi connectivity index (χ0n) is 21.1. The fourth-order valence-electron chi connectivity index (χ4n) is 5.10. The number of rotatable bonds is 5. The molecule has 0 saturated heterocycles. The molecule has 5 rings (SSSR count). The van der Waals surface area contributed by atoms with E-state index in [1.165, 1.54) is 27.8 Å². The van der Waals surface area contributed by atoms with Crippen molar-refractivity contribution in [2.24, 2.45) is 0 Å². The number of aromatic nitrogens is 4. The summed E-state index contributed by atoms with van der Waals surface area (Å²) >= 11 is 0. The van der Waals surface area contributed by atoms with Gasteiger partial charge in [0.05, 0.1) is 23.1 Å². The molecule has 3 aromatic heterocycles. The van der Waals surface area contributed by atoms with Crippen molar-refractivity contribution in [2.45, 2.75) is 61.1 Å². The zero-order valence-corrected chi connectivity index (χ0v) is 21.1. The minimum atomic E-state index is 0.168. The average Bonchev–Trinajstić information content (AvgIpc) is 3.31. The molecule has 0 spiro atoms. The molecule has 5 aromatic rings. The molecule has 5 nitrogen and oxygen atoms in total. The third-order valence-corrected chi connectivity index (χ3v) is 6.41. The van der Waals surface area contributed by atoms with E-state index in [1.54, 1.807) is 0 Å². The normalized spacial score (nSPS) is 11.8. The van der Waals surface area contributed by atoms with E-state index in [9.17, 15) is 0 Å². The monoisotopic (exact) mass is 452 g/mol. The fourth-order valence-corrected chi connectivity index (χ4v) is 5.10. The van der Waals surface area contributed by atoms with E-state index in [2.05, 4.69) is 75.7 Å². The van der Waals surface area contributed by atoms with Crippen molar-refractivity contribution in [1.82, 2.24) is 19.2 Å². The first-order valence-corrected chi connectivity index (χ1v) is 11.9. The van der Waals surface area contributed by atoms with Gasteiger partial charge in [0.15, 0.2) is 5.65 Å². The topological polar surface area (TPSA) is 44.4 Å². The molecule has 0 amide bonds. The van der Waals surface area contributed by atoms with Crippen LogP contribution in [0.1, 0.15) is 47.5 Å². The highest BCUT2D eigenvalue weighted by atomic mass is 16.5. The van der Waals surface area contributed by atoms with Crippen molar-refractivity contribution in [3.63, 3.8) is 0 Å². The van der Waals surface area contributed by atoms with E-state index < -0.39 is 0 Å². The first-order valence-electron chi connectivity index (χ1n) is 11.9. The summed E-state index contributed by atoms with van der Waals surface area (Å²) in [6, 6.07) is 15.0. The Bertz CT molecular complexity index is 1500. The second-order valence-electron chi connectivity index (χ2n) is 9.66. The molecule has 0 unspecified atom stereocenters. The number of aryl methyl sites for hydroxylation is 5. The summed E-state index contributed by atoms with van der Waals surface area (Å²) in [6.45, 7) is 15.5. The van der Waals surface area contributed by atoms with Crippen molar-refractivity contribution in [3.05, 3.63) is 82.3 Å². The van der Waals surface area contributed by atoms with E-state index >= 15 is 0 Å². The maximum Gasteiger partial charge on any atom is 0.165 e. The minimum Gasteiger partial charge on any atom is -0.491 e. The van der Waals surface area contributed by atoms with Crippen molar-refractivity contribution in [3.8, 4) is 16.9 Å². The highest BCUT2D eigenvalue weighted by Gasteiger charge is 2.21. The van der Waals surface area contributed by atoms with Crippen LogP contribution in [0.25, 0.3) is 27.8 Å². The molecule has 0 aliphatic heterocycles. The third kappa shape index (κ3) is 3.75. The molecule has 5 heteroatoms. The van der Waals surface area contributed by atoms with Crippen LogP contribution >= 0.6 is 0 Å². The predicted octanol–water partition coefficient (Wildman–Crippen LogP) is 6.73. The van der Waals surface area contributed by atoms with Gasteiger partial charge in [-0.1, -0.05) is 29.8 Å². The Morgan fingerprint density at radius 1 is 0.853 bits per heavy atom. The van der Waals surface area contributed by atoms with Crippen molar-refractivity contribution < 1.29 is 4.74 Å². The smallest absolute Gasteiger partial charge is 0.165 e. The molecule has 2 aromatic carbocycles. The molecule has 3 heterocycles. The molecule has 0 saturated carbocycles. The van der Waals surface area contributed by atoms with Crippen LogP contribution in [-0.2, 0) is 6.54 Å². The molecule has 0 bridgehead atoms. The number of nitrogens with zero attached hydrogens (tertiary/aromatic N) is 4. The van der Waals surface area contributed by atoms with Crippen LogP contribution in [0.15, 0.2) is 48.7 Å². The molecular formula is C29H32N4O. The molecular weight excluding hydrogens is 420 g/mol. The first-order chi connectivity index (χ1) is 16.2. The Labute approximate surface area is 201 Å². The van der Waals surface area contributed by atoms with Gasteiger partial charge in [-0.15, -0.1) is 0 Å². The highest BCUT2D eigenvalue weighted by Crippen LogP contribution is 2.35. The summed E-state index contributed by atoms with van der Waals surface area (Å²) in [5.74, 6) is 0.898. The largest absolute Gasteiger partial charge is 0.491 e. The van der Waals surface area contributed by atoms with Gasteiger partial charge in [0.25, 0.3) is 0 Å². The van der Waals surface area contributed by atoms with Crippen LogP contribution in [-0.4, -0.2) is 25.3 Å². The zero-order chi connectivity index (χ0) is 24.1. The number of fused-ring (bicyclic) bond motifs is 3. The Hall–Kier alpha value is -3.60. The molecule has 174 valence electrons. The lowest BCUT2D eigenvalue weighted by molar-refractivity contribution is 0.242. The van der Waals surface area contributed by atoms with Gasteiger partial charge in [-0.25, -0.2) is 4.98 Å². The lowest BCUT2D eigenvalue weighted by Gasteiger charge is -2.12. The van der Waals surface area contributed by atoms with Crippen molar-refractivity contribution in [1.29, 1.82) is 0 Å². The van der Waals surface area contributed by atoms with Crippen LogP contribution in [0, 0.1) is 34.6 Å². The summed E-state index contributed by atoms with van der Waals surface area (Å²) in [6.07, 6.45) is 2.30. The summed E-state index contributed by atoms with van der Waals surface area (Å²) in [7, 11) is 0. The molecule has 0 atom stereocenters. The van der Waals surface area contributed by atoms with E-state index in [4.69, 9.17) is 14.8 Å². The van der Waals surface area contributed by atoms with Crippen molar-refractivity contribution in [2.75, 3.05) is 0 Å². The predicted molar refractivity (Wildman–Crippen MR) is 139 cm³/mol. The average molecular weight is 453 g/mol. The van der Waals surface area contributed by atoms with E-state index in [0.29, 0.717) is 0 Å². The Morgan fingerprint density at radius 3 is 2.18 bits per heavy atom. The molecule has 34 heavy (non-hydrogen) atoms. The molecule has 0 aliphatic rings. The lowest BCUT2D eigenvalue weighted by Crippen LogP contribution is -2.06. The molecule has 0 N–H and O–H groups in total. The Balaban J connectivity index is 1.66. The highest BCUT2D eigenvalue weighted by molar-refractivity contribution is 5.89. The first kappa shape index (κ1) is 22.2. The quantitative estimate of drug-likeness (QED) is 0.297.